The van der Waals surface area contributed by atoms with E-state index in [4.69, 9.17) is 22.7 Å². The largest absolute Gasteiger partial charge is 0.393 e. The van der Waals surface area contributed by atoms with Crippen molar-refractivity contribution >= 4 is 17.2 Å². The van der Waals surface area contributed by atoms with Crippen LogP contribution in [0.3, 0.4) is 0 Å². The third-order valence-electron chi connectivity index (χ3n) is 4.31. The summed E-state index contributed by atoms with van der Waals surface area (Å²) in [7, 11) is 0. The first kappa shape index (κ1) is 16.9. The average molecular weight is 285 g/mol. The molecule has 0 aromatic heterocycles. The predicted octanol–water partition coefficient (Wildman–Crippen LogP) is 4.31. The Bertz CT molecular complexity index is 312. The van der Waals surface area contributed by atoms with E-state index in [1.807, 2.05) is 0 Å². The number of thiocarbonyl (C=S) groups is 1. The Hall–Kier alpha value is -0.150. The van der Waals surface area contributed by atoms with Gasteiger partial charge in [0.2, 0.25) is 0 Å². The van der Waals surface area contributed by atoms with E-state index in [2.05, 4.69) is 34.6 Å². The lowest BCUT2D eigenvalue weighted by atomic mass is 9.71. The second-order valence-corrected chi connectivity index (χ2v) is 8.20. The monoisotopic (exact) mass is 285 g/mol. The lowest BCUT2D eigenvalue weighted by molar-refractivity contribution is -0.0250. The summed E-state index contributed by atoms with van der Waals surface area (Å²) in [5, 5.41) is 0. The SMILES string of the molecule is CC1CC(OCCCC(C)(C)C(N)=S)CC(C)(C)C1. The molecule has 2 N–H and O–H groups in total. The Kier molecular flexibility index (Phi) is 5.81. The summed E-state index contributed by atoms with van der Waals surface area (Å²) in [5.74, 6) is 0.779. The highest BCUT2D eigenvalue weighted by Gasteiger charge is 2.32. The third-order valence-corrected chi connectivity index (χ3v) is 4.87. The second kappa shape index (κ2) is 6.53. The van der Waals surface area contributed by atoms with Crippen molar-refractivity contribution in [2.45, 2.75) is 72.8 Å². The van der Waals surface area contributed by atoms with E-state index in [0.717, 1.165) is 25.4 Å². The van der Waals surface area contributed by atoms with Crippen molar-refractivity contribution in [3.8, 4) is 0 Å². The third kappa shape index (κ3) is 5.78. The van der Waals surface area contributed by atoms with Crippen LogP contribution >= 0.6 is 12.2 Å². The van der Waals surface area contributed by atoms with Crippen molar-refractivity contribution in [1.82, 2.24) is 0 Å². The number of ether oxygens (including phenoxy) is 1. The predicted molar refractivity (Wildman–Crippen MR) is 86.3 cm³/mol. The molecule has 0 saturated heterocycles. The van der Waals surface area contributed by atoms with E-state index in [0.29, 0.717) is 16.5 Å². The Balaban J connectivity index is 2.28. The maximum Gasteiger partial charge on any atom is 0.0784 e. The van der Waals surface area contributed by atoms with Crippen molar-refractivity contribution in [2.75, 3.05) is 6.61 Å². The van der Waals surface area contributed by atoms with Crippen LogP contribution in [0.1, 0.15) is 66.7 Å². The van der Waals surface area contributed by atoms with Crippen LogP contribution in [0.4, 0.5) is 0 Å². The molecule has 0 amide bonds. The van der Waals surface area contributed by atoms with Gasteiger partial charge in [-0.1, -0.05) is 46.8 Å². The molecule has 0 radical (unpaired) electrons. The van der Waals surface area contributed by atoms with Gasteiger partial charge in [0.15, 0.2) is 0 Å². The fourth-order valence-corrected chi connectivity index (χ4v) is 3.37. The molecule has 0 spiro atoms. The minimum absolute atomic E-state index is 0.0438. The lowest BCUT2D eigenvalue weighted by Crippen LogP contribution is -2.33. The van der Waals surface area contributed by atoms with E-state index in [1.54, 1.807) is 0 Å². The molecular formula is C16H31NOS. The van der Waals surface area contributed by atoms with Gasteiger partial charge in [-0.25, -0.2) is 0 Å². The standard InChI is InChI=1S/C16H31NOS/c1-12-9-13(11-15(2,3)10-12)18-8-6-7-16(4,5)14(17)19/h12-13H,6-11H2,1-5H3,(H2,17,19). The van der Waals surface area contributed by atoms with Gasteiger partial charge in [-0.2, -0.15) is 0 Å². The Labute approximate surface area is 124 Å². The molecule has 3 heteroatoms. The topological polar surface area (TPSA) is 35.2 Å². The van der Waals surface area contributed by atoms with Gasteiger partial charge in [-0.3, -0.25) is 0 Å². The van der Waals surface area contributed by atoms with E-state index < -0.39 is 0 Å². The van der Waals surface area contributed by atoms with Gasteiger partial charge in [0.1, 0.15) is 0 Å². The fourth-order valence-electron chi connectivity index (χ4n) is 3.27. The molecule has 2 atom stereocenters. The van der Waals surface area contributed by atoms with Gasteiger partial charge in [0.05, 0.1) is 11.1 Å². The van der Waals surface area contributed by atoms with Crippen molar-refractivity contribution in [1.29, 1.82) is 0 Å². The maximum atomic E-state index is 6.08. The normalized spacial score (nSPS) is 27.2. The van der Waals surface area contributed by atoms with Crippen molar-refractivity contribution < 1.29 is 4.74 Å². The van der Waals surface area contributed by atoms with E-state index >= 15 is 0 Å². The number of nitrogens with two attached hydrogens (primary N) is 1. The summed E-state index contributed by atoms with van der Waals surface area (Å²) in [5.41, 5.74) is 6.13. The Morgan fingerprint density at radius 2 is 2.00 bits per heavy atom. The number of rotatable bonds is 6. The van der Waals surface area contributed by atoms with Crippen molar-refractivity contribution in [3.05, 3.63) is 0 Å². The zero-order valence-electron chi connectivity index (χ0n) is 13.3. The van der Waals surface area contributed by atoms with Crippen LogP contribution in [-0.2, 0) is 4.74 Å². The van der Waals surface area contributed by atoms with E-state index in [9.17, 15) is 0 Å². The Morgan fingerprint density at radius 1 is 1.37 bits per heavy atom. The molecule has 1 saturated carbocycles. The average Bonchev–Trinajstić information content (AvgIpc) is 2.21. The second-order valence-electron chi connectivity index (χ2n) is 7.76. The molecule has 0 bridgehead atoms. The van der Waals surface area contributed by atoms with Gasteiger partial charge in [0, 0.05) is 12.0 Å². The molecule has 1 aliphatic rings. The van der Waals surface area contributed by atoms with Gasteiger partial charge in [-0.15, -0.1) is 0 Å². The maximum absolute atomic E-state index is 6.08. The van der Waals surface area contributed by atoms with Crippen LogP contribution in [0, 0.1) is 16.7 Å². The summed E-state index contributed by atoms with van der Waals surface area (Å²) in [6.45, 7) is 12.1. The summed E-state index contributed by atoms with van der Waals surface area (Å²) >= 11 is 5.09. The Morgan fingerprint density at radius 3 is 2.53 bits per heavy atom. The smallest absolute Gasteiger partial charge is 0.0784 e. The van der Waals surface area contributed by atoms with Gasteiger partial charge < -0.3 is 10.5 Å². The molecule has 0 aromatic carbocycles. The highest BCUT2D eigenvalue weighted by Crippen LogP contribution is 2.39. The summed E-state index contributed by atoms with van der Waals surface area (Å²) in [6, 6.07) is 0. The molecule has 1 rings (SSSR count). The fraction of sp³-hybridized carbons (Fsp3) is 0.938. The minimum Gasteiger partial charge on any atom is -0.393 e. The summed E-state index contributed by atoms with van der Waals surface area (Å²) in [4.78, 5) is 0.611. The van der Waals surface area contributed by atoms with Crippen LogP contribution in [0.15, 0.2) is 0 Å². The van der Waals surface area contributed by atoms with E-state index in [-0.39, 0.29) is 5.41 Å². The number of hydrogen-bond acceptors (Lipinski definition) is 2. The molecule has 19 heavy (non-hydrogen) atoms. The van der Waals surface area contributed by atoms with Crippen LogP contribution in [0.2, 0.25) is 0 Å². The molecule has 0 heterocycles. The molecule has 112 valence electrons. The summed E-state index contributed by atoms with van der Waals surface area (Å²) < 4.78 is 6.08. The van der Waals surface area contributed by atoms with Gasteiger partial charge in [0.25, 0.3) is 0 Å². The van der Waals surface area contributed by atoms with Crippen LogP contribution < -0.4 is 5.73 Å². The van der Waals surface area contributed by atoms with Crippen molar-refractivity contribution in [2.24, 2.45) is 22.5 Å². The van der Waals surface area contributed by atoms with Crippen LogP contribution in [0.25, 0.3) is 0 Å². The first-order valence-corrected chi connectivity index (χ1v) is 7.95. The molecular weight excluding hydrogens is 254 g/mol. The quantitative estimate of drug-likeness (QED) is 0.583. The van der Waals surface area contributed by atoms with E-state index in [1.165, 1.54) is 19.3 Å². The molecule has 0 aromatic rings. The highest BCUT2D eigenvalue weighted by molar-refractivity contribution is 7.80. The van der Waals surface area contributed by atoms with Crippen molar-refractivity contribution in [3.63, 3.8) is 0 Å². The zero-order chi connectivity index (χ0) is 14.7. The molecule has 2 unspecified atom stereocenters. The zero-order valence-corrected chi connectivity index (χ0v) is 14.1. The lowest BCUT2D eigenvalue weighted by Gasteiger charge is -2.38. The van der Waals surface area contributed by atoms with Gasteiger partial charge >= 0.3 is 0 Å². The molecule has 1 aliphatic carbocycles. The minimum atomic E-state index is -0.0438. The highest BCUT2D eigenvalue weighted by atomic mass is 32.1. The van der Waals surface area contributed by atoms with Gasteiger partial charge in [-0.05, 0) is 43.4 Å². The molecule has 2 nitrogen and oxygen atoms in total. The first-order valence-electron chi connectivity index (χ1n) is 7.54. The molecule has 0 aliphatic heterocycles. The van der Waals surface area contributed by atoms with Crippen LogP contribution in [0.5, 0.6) is 0 Å². The van der Waals surface area contributed by atoms with Crippen LogP contribution in [-0.4, -0.2) is 17.7 Å². The number of hydrogen-bond donors (Lipinski definition) is 1. The molecule has 1 fully saturated rings. The summed E-state index contributed by atoms with van der Waals surface area (Å²) in [6.07, 6.45) is 6.20. The first-order chi connectivity index (χ1) is 8.62.